The van der Waals surface area contributed by atoms with E-state index in [2.05, 4.69) is 5.16 Å². The van der Waals surface area contributed by atoms with Crippen molar-refractivity contribution in [3.63, 3.8) is 0 Å². The summed E-state index contributed by atoms with van der Waals surface area (Å²) in [6, 6.07) is 0. The Balaban J connectivity index is 1.97. The van der Waals surface area contributed by atoms with Crippen molar-refractivity contribution in [2.75, 3.05) is 0 Å². The molecule has 0 aliphatic heterocycles. The van der Waals surface area contributed by atoms with Crippen molar-refractivity contribution < 1.29 is 14.4 Å². The van der Waals surface area contributed by atoms with Crippen LogP contribution in [-0.4, -0.2) is 16.2 Å². The Morgan fingerprint density at radius 1 is 1.60 bits per heavy atom. The minimum atomic E-state index is -0.722. The molecule has 1 fully saturated rings. The fourth-order valence-electron chi connectivity index (χ4n) is 2.87. The Morgan fingerprint density at radius 3 is 3.07 bits per heavy atom. The summed E-state index contributed by atoms with van der Waals surface area (Å²) < 4.78 is 5.15. The Morgan fingerprint density at radius 2 is 2.40 bits per heavy atom. The highest BCUT2D eigenvalue weighted by Gasteiger charge is 2.53. The molecule has 1 heterocycles. The van der Waals surface area contributed by atoms with E-state index in [1.165, 1.54) is 0 Å². The topological polar surface area (TPSA) is 63.3 Å². The van der Waals surface area contributed by atoms with Gasteiger partial charge in [0.1, 0.15) is 5.76 Å². The van der Waals surface area contributed by atoms with Gasteiger partial charge in [-0.05, 0) is 24.7 Å². The predicted octanol–water partition coefficient (Wildman–Crippen LogP) is 1.96. The van der Waals surface area contributed by atoms with Gasteiger partial charge in [-0.25, -0.2) is 0 Å². The average molecular weight is 207 g/mol. The van der Waals surface area contributed by atoms with Crippen LogP contribution in [0.5, 0.6) is 0 Å². The zero-order chi connectivity index (χ0) is 10.5. The van der Waals surface area contributed by atoms with E-state index in [0.717, 1.165) is 37.0 Å². The minimum absolute atomic E-state index is 0.130. The quantitative estimate of drug-likeness (QED) is 0.805. The number of hydrogen-bond acceptors (Lipinski definition) is 3. The van der Waals surface area contributed by atoms with Crippen molar-refractivity contribution >= 4 is 5.97 Å². The third kappa shape index (κ3) is 1.28. The molecular weight excluding hydrogens is 194 g/mol. The molecule has 0 amide bonds. The predicted molar refractivity (Wildman–Crippen MR) is 51.5 cm³/mol. The molecular formula is C11H13NO3. The second-order valence-electron chi connectivity index (χ2n) is 4.72. The van der Waals surface area contributed by atoms with Crippen molar-refractivity contribution in [3.8, 4) is 0 Å². The van der Waals surface area contributed by atoms with Crippen molar-refractivity contribution in [1.29, 1.82) is 0 Å². The molecule has 0 saturated heterocycles. The van der Waals surface area contributed by atoms with Crippen molar-refractivity contribution in [2.45, 2.75) is 38.0 Å². The van der Waals surface area contributed by atoms with Gasteiger partial charge in [-0.15, -0.1) is 0 Å². The van der Waals surface area contributed by atoms with E-state index in [4.69, 9.17) is 9.63 Å². The maximum Gasteiger partial charge on any atom is 0.303 e. The van der Waals surface area contributed by atoms with E-state index in [9.17, 15) is 4.79 Å². The first-order valence-electron chi connectivity index (χ1n) is 5.36. The van der Waals surface area contributed by atoms with E-state index < -0.39 is 5.97 Å². The molecule has 1 N–H and O–H groups in total. The molecule has 2 aliphatic rings. The first kappa shape index (κ1) is 8.95. The standard InChI is InChI=1S/C11H13NO3/c13-10(14)5-8-7-6-12-15-9(7)1-2-11(8)3-4-11/h6,8H,1-5H2,(H,13,14). The summed E-state index contributed by atoms with van der Waals surface area (Å²) in [5, 5.41) is 12.7. The van der Waals surface area contributed by atoms with Gasteiger partial charge in [0.15, 0.2) is 0 Å². The lowest BCUT2D eigenvalue weighted by Gasteiger charge is -2.29. The lowest BCUT2D eigenvalue weighted by Crippen LogP contribution is -2.23. The lowest BCUT2D eigenvalue weighted by atomic mass is 9.74. The molecule has 0 radical (unpaired) electrons. The van der Waals surface area contributed by atoms with Crippen LogP contribution in [-0.2, 0) is 11.2 Å². The SMILES string of the molecule is O=C(O)CC1c2cnoc2CCC12CC2. The summed E-state index contributed by atoms with van der Waals surface area (Å²) in [5.74, 6) is 0.309. The number of nitrogens with zero attached hydrogens (tertiary/aromatic N) is 1. The Kier molecular flexibility index (Phi) is 1.69. The van der Waals surface area contributed by atoms with Crippen LogP contribution in [0.3, 0.4) is 0 Å². The van der Waals surface area contributed by atoms with Gasteiger partial charge >= 0.3 is 5.97 Å². The van der Waals surface area contributed by atoms with E-state index in [0.29, 0.717) is 0 Å². The van der Waals surface area contributed by atoms with Gasteiger partial charge in [-0.2, -0.15) is 0 Å². The summed E-state index contributed by atoms with van der Waals surface area (Å²) in [5.41, 5.74) is 1.30. The lowest BCUT2D eigenvalue weighted by molar-refractivity contribution is -0.138. The van der Waals surface area contributed by atoms with Gasteiger partial charge in [0.25, 0.3) is 0 Å². The molecule has 2 aliphatic carbocycles. The number of aryl methyl sites for hydroxylation is 1. The third-order valence-electron chi connectivity index (χ3n) is 3.91. The van der Waals surface area contributed by atoms with Crippen molar-refractivity contribution in [2.24, 2.45) is 5.41 Å². The number of aromatic nitrogens is 1. The van der Waals surface area contributed by atoms with Gasteiger partial charge in [0.2, 0.25) is 0 Å². The fraction of sp³-hybridized carbons (Fsp3) is 0.636. The van der Waals surface area contributed by atoms with E-state index in [1.807, 2.05) is 0 Å². The smallest absolute Gasteiger partial charge is 0.303 e. The highest BCUT2D eigenvalue weighted by atomic mass is 16.5. The molecule has 1 spiro atoms. The second kappa shape index (κ2) is 2.84. The monoisotopic (exact) mass is 207 g/mol. The van der Waals surface area contributed by atoms with Gasteiger partial charge in [-0.3, -0.25) is 4.79 Å². The Labute approximate surface area is 87.3 Å². The second-order valence-corrected chi connectivity index (χ2v) is 4.72. The maximum atomic E-state index is 10.9. The van der Waals surface area contributed by atoms with Gasteiger partial charge in [0, 0.05) is 17.9 Å². The maximum absolute atomic E-state index is 10.9. The molecule has 3 rings (SSSR count). The fourth-order valence-corrected chi connectivity index (χ4v) is 2.87. The number of rotatable bonds is 2. The number of hydrogen-bond donors (Lipinski definition) is 1. The summed E-state index contributed by atoms with van der Waals surface area (Å²) >= 11 is 0. The van der Waals surface area contributed by atoms with E-state index in [1.54, 1.807) is 6.20 Å². The largest absolute Gasteiger partial charge is 0.481 e. The molecule has 4 heteroatoms. The first-order valence-corrected chi connectivity index (χ1v) is 5.36. The minimum Gasteiger partial charge on any atom is -0.481 e. The summed E-state index contributed by atoms with van der Waals surface area (Å²) in [6.07, 6.45) is 6.24. The van der Waals surface area contributed by atoms with Crippen LogP contribution in [0.1, 0.15) is 42.9 Å². The number of carbonyl (C=O) groups is 1. The summed E-state index contributed by atoms with van der Waals surface area (Å²) in [4.78, 5) is 10.9. The molecule has 80 valence electrons. The van der Waals surface area contributed by atoms with E-state index in [-0.39, 0.29) is 17.8 Å². The van der Waals surface area contributed by atoms with Crippen molar-refractivity contribution in [1.82, 2.24) is 5.16 Å². The molecule has 0 aromatic carbocycles. The van der Waals surface area contributed by atoms with E-state index >= 15 is 0 Å². The molecule has 1 aromatic heterocycles. The number of fused-ring (bicyclic) bond motifs is 1. The molecule has 1 saturated carbocycles. The third-order valence-corrected chi connectivity index (χ3v) is 3.91. The Bertz CT molecular complexity index is 406. The zero-order valence-corrected chi connectivity index (χ0v) is 8.40. The number of carboxylic acids is 1. The molecule has 15 heavy (non-hydrogen) atoms. The van der Waals surface area contributed by atoms with Crippen LogP contribution in [0.4, 0.5) is 0 Å². The first-order chi connectivity index (χ1) is 7.21. The Hall–Kier alpha value is -1.32. The summed E-state index contributed by atoms with van der Waals surface area (Å²) in [7, 11) is 0. The van der Waals surface area contributed by atoms with Crippen LogP contribution in [0.15, 0.2) is 10.7 Å². The van der Waals surface area contributed by atoms with Gasteiger partial charge in [0.05, 0.1) is 12.6 Å². The van der Waals surface area contributed by atoms with Crippen LogP contribution in [0.2, 0.25) is 0 Å². The van der Waals surface area contributed by atoms with Gasteiger partial charge in [-0.1, -0.05) is 5.16 Å². The van der Waals surface area contributed by atoms with Crippen LogP contribution >= 0.6 is 0 Å². The highest BCUT2D eigenvalue weighted by Crippen LogP contribution is 2.62. The molecule has 1 atom stereocenters. The number of carboxylic acid groups (broad SMARTS) is 1. The summed E-state index contributed by atoms with van der Waals surface area (Å²) in [6.45, 7) is 0. The number of aliphatic carboxylic acids is 1. The molecule has 4 nitrogen and oxygen atoms in total. The van der Waals surface area contributed by atoms with Gasteiger partial charge < -0.3 is 9.63 Å². The normalized spacial score (nSPS) is 26.3. The molecule has 0 bridgehead atoms. The average Bonchev–Trinajstić information content (AvgIpc) is 2.79. The van der Waals surface area contributed by atoms with Crippen LogP contribution in [0.25, 0.3) is 0 Å². The van der Waals surface area contributed by atoms with Crippen LogP contribution in [0, 0.1) is 5.41 Å². The highest BCUT2D eigenvalue weighted by molar-refractivity contribution is 5.68. The zero-order valence-electron chi connectivity index (χ0n) is 8.40. The molecule has 1 aromatic rings. The van der Waals surface area contributed by atoms with Crippen molar-refractivity contribution in [3.05, 3.63) is 17.5 Å². The molecule has 1 unspecified atom stereocenters. The van der Waals surface area contributed by atoms with Crippen LogP contribution < -0.4 is 0 Å².